The molecule has 3 rings (SSSR count). The number of hydrogen-bond donors (Lipinski definition) is 3. The molecule has 0 saturated heterocycles. The van der Waals surface area contributed by atoms with Gasteiger partial charge in [-0.15, -0.1) is 11.3 Å². The van der Waals surface area contributed by atoms with Gasteiger partial charge in [0.1, 0.15) is 9.88 Å². The topological polar surface area (TPSA) is 90.5 Å². The maximum Gasteiger partial charge on any atom is 0.348 e. The SMILES string of the molecule is O=C(O)c1sc(N(c2c[nH]c(-c3ccccc3)c2)[SH](=O)=O)cc1F. The first-order valence-electron chi connectivity index (χ1n) is 6.68. The molecule has 6 nitrogen and oxygen atoms in total. The Balaban J connectivity index is 2.03. The quantitative estimate of drug-likeness (QED) is 0.605. The molecule has 0 atom stereocenters. The Bertz CT molecular complexity index is 955. The summed E-state index contributed by atoms with van der Waals surface area (Å²) in [6, 6.07) is 11.7. The summed E-state index contributed by atoms with van der Waals surface area (Å²) in [4.78, 5) is 13.4. The molecule has 0 aliphatic carbocycles. The fourth-order valence-corrected chi connectivity index (χ4v) is 3.85. The van der Waals surface area contributed by atoms with Gasteiger partial charge in [-0.3, -0.25) is 0 Å². The maximum absolute atomic E-state index is 13.7. The van der Waals surface area contributed by atoms with Crippen LogP contribution in [0.2, 0.25) is 0 Å². The Kier molecular flexibility index (Phi) is 4.36. The van der Waals surface area contributed by atoms with Crippen LogP contribution in [0.15, 0.2) is 48.7 Å². The number of nitrogens with zero attached hydrogens (tertiary/aromatic N) is 1. The lowest BCUT2D eigenvalue weighted by Gasteiger charge is -2.12. The van der Waals surface area contributed by atoms with Crippen molar-refractivity contribution in [3.8, 4) is 11.3 Å². The first kappa shape index (κ1) is 16.2. The molecule has 3 aromatic rings. The summed E-state index contributed by atoms with van der Waals surface area (Å²) in [7, 11) is -3.13. The molecular formula is C15H11FN2O4S2. The van der Waals surface area contributed by atoms with Gasteiger partial charge >= 0.3 is 5.97 Å². The van der Waals surface area contributed by atoms with Gasteiger partial charge in [-0.05, 0) is 11.6 Å². The average Bonchev–Trinajstić information content (AvgIpc) is 3.16. The number of carboxylic acid groups (broad SMARTS) is 1. The number of aromatic amines is 1. The predicted octanol–water partition coefficient (Wildman–Crippen LogP) is 3.25. The number of carbonyl (C=O) groups is 1. The third-order valence-electron chi connectivity index (χ3n) is 3.24. The van der Waals surface area contributed by atoms with Gasteiger partial charge in [-0.2, -0.15) is 0 Å². The molecule has 2 aromatic heterocycles. The highest BCUT2D eigenvalue weighted by atomic mass is 32.2. The molecule has 124 valence electrons. The Morgan fingerprint density at radius 1 is 1.21 bits per heavy atom. The van der Waals surface area contributed by atoms with Gasteiger partial charge in [0, 0.05) is 18.0 Å². The molecule has 2 N–H and O–H groups in total. The van der Waals surface area contributed by atoms with Crippen molar-refractivity contribution in [1.82, 2.24) is 4.98 Å². The van der Waals surface area contributed by atoms with Gasteiger partial charge in [-0.1, -0.05) is 30.3 Å². The van der Waals surface area contributed by atoms with E-state index < -0.39 is 27.6 Å². The lowest BCUT2D eigenvalue weighted by molar-refractivity contribution is 0.0697. The van der Waals surface area contributed by atoms with Crippen LogP contribution in [-0.2, 0) is 10.9 Å². The van der Waals surface area contributed by atoms with E-state index in [1.807, 2.05) is 30.3 Å². The highest BCUT2D eigenvalue weighted by Crippen LogP contribution is 2.36. The fourth-order valence-electron chi connectivity index (χ4n) is 2.20. The number of halogens is 1. The Labute approximate surface area is 141 Å². The van der Waals surface area contributed by atoms with Gasteiger partial charge in [-0.25, -0.2) is 21.9 Å². The molecule has 0 amide bonds. The standard InChI is InChI=1S/C15H11FN2O4S2/c16-11-7-13(23-14(11)15(19)20)18(24(21)22)10-6-12(17-8-10)9-4-2-1-3-5-9/h1-8,17,24H,(H,19,20). The van der Waals surface area contributed by atoms with E-state index in [-0.39, 0.29) is 10.7 Å². The third kappa shape index (κ3) is 3.03. The highest BCUT2D eigenvalue weighted by Gasteiger charge is 2.22. The molecule has 0 aliphatic rings. The normalized spacial score (nSPS) is 10.9. The summed E-state index contributed by atoms with van der Waals surface area (Å²) >= 11 is 0.558. The molecule has 0 aliphatic heterocycles. The van der Waals surface area contributed by atoms with Crippen molar-refractivity contribution in [1.29, 1.82) is 0 Å². The fraction of sp³-hybridized carbons (Fsp3) is 0. The number of nitrogens with one attached hydrogen (secondary N) is 1. The number of thiophene rings is 1. The zero-order valence-corrected chi connectivity index (χ0v) is 13.7. The molecule has 0 unspecified atom stereocenters. The van der Waals surface area contributed by atoms with Crippen molar-refractivity contribution in [3.05, 3.63) is 59.4 Å². The summed E-state index contributed by atoms with van der Waals surface area (Å²) < 4.78 is 37.8. The largest absolute Gasteiger partial charge is 0.477 e. The number of H-pyrrole nitrogens is 1. The second-order valence-corrected chi connectivity index (χ2v) is 6.66. The van der Waals surface area contributed by atoms with Crippen LogP contribution in [0.25, 0.3) is 11.3 Å². The molecule has 24 heavy (non-hydrogen) atoms. The van der Waals surface area contributed by atoms with Gasteiger partial charge in [0.15, 0.2) is 5.82 Å². The number of hydrogen-bond acceptors (Lipinski definition) is 4. The van der Waals surface area contributed by atoms with Crippen molar-refractivity contribution in [2.24, 2.45) is 0 Å². The van der Waals surface area contributed by atoms with E-state index in [1.165, 1.54) is 6.20 Å². The van der Waals surface area contributed by atoms with Crippen LogP contribution in [0.3, 0.4) is 0 Å². The average molecular weight is 366 g/mol. The molecule has 1 aromatic carbocycles. The highest BCUT2D eigenvalue weighted by molar-refractivity contribution is 7.74. The molecule has 0 radical (unpaired) electrons. The summed E-state index contributed by atoms with van der Waals surface area (Å²) in [5.74, 6) is -2.41. The number of carboxylic acids is 1. The van der Waals surface area contributed by atoms with E-state index in [2.05, 4.69) is 4.98 Å². The summed E-state index contributed by atoms with van der Waals surface area (Å²) in [6.45, 7) is 0. The molecule has 0 fully saturated rings. The van der Waals surface area contributed by atoms with Crippen LogP contribution in [0.5, 0.6) is 0 Å². The van der Waals surface area contributed by atoms with Crippen LogP contribution < -0.4 is 4.31 Å². The van der Waals surface area contributed by atoms with Crippen molar-refractivity contribution < 1.29 is 22.7 Å². The maximum atomic E-state index is 13.7. The number of aromatic nitrogens is 1. The molecule has 2 heterocycles. The lowest BCUT2D eigenvalue weighted by Crippen LogP contribution is -2.12. The minimum absolute atomic E-state index is 0.0281. The Morgan fingerprint density at radius 2 is 1.92 bits per heavy atom. The second-order valence-electron chi connectivity index (χ2n) is 4.75. The van der Waals surface area contributed by atoms with Gasteiger partial charge in [0.2, 0.25) is 10.9 Å². The molecular weight excluding hydrogens is 355 g/mol. The Hall–Kier alpha value is -2.65. The van der Waals surface area contributed by atoms with Crippen LogP contribution >= 0.6 is 11.3 Å². The minimum atomic E-state index is -3.13. The van der Waals surface area contributed by atoms with Crippen molar-refractivity contribution in [2.75, 3.05) is 4.31 Å². The number of anilines is 2. The molecule has 9 heteroatoms. The van der Waals surface area contributed by atoms with E-state index in [0.717, 1.165) is 15.9 Å². The molecule has 0 saturated carbocycles. The van der Waals surface area contributed by atoms with Gasteiger partial charge < -0.3 is 10.1 Å². The second kappa shape index (κ2) is 6.46. The number of rotatable bonds is 5. The van der Waals surface area contributed by atoms with Gasteiger partial charge in [0.25, 0.3) is 0 Å². The zero-order chi connectivity index (χ0) is 17.3. The summed E-state index contributed by atoms with van der Waals surface area (Å²) in [5, 5.41) is 8.89. The predicted molar refractivity (Wildman–Crippen MR) is 89.9 cm³/mol. The first-order chi connectivity index (χ1) is 11.5. The van der Waals surface area contributed by atoms with E-state index in [9.17, 15) is 17.6 Å². The monoisotopic (exact) mass is 366 g/mol. The van der Waals surface area contributed by atoms with E-state index in [0.29, 0.717) is 17.0 Å². The smallest absolute Gasteiger partial charge is 0.348 e. The van der Waals surface area contributed by atoms with Crippen LogP contribution in [-0.4, -0.2) is 24.5 Å². The number of benzene rings is 1. The van der Waals surface area contributed by atoms with Crippen molar-refractivity contribution in [2.45, 2.75) is 0 Å². The Morgan fingerprint density at radius 3 is 2.50 bits per heavy atom. The minimum Gasteiger partial charge on any atom is -0.477 e. The summed E-state index contributed by atoms with van der Waals surface area (Å²) in [6.07, 6.45) is 1.46. The first-order valence-corrected chi connectivity index (χ1v) is 8.63. The summed E-state index contributed by atoms with van der Waals surface area (Å²) in [5.41, 5.74) is 1.81. The third-order valence-corrected chi connectivity index (χ3v) is 5.23. The molecule has 0 bridgehead atoms. The van der Waals surface area contributed by atoms with Gasteiger partial charge in [0.05, 0.1) is 5.69 Å². The van der Waals surface area contributed by atoms with E-state index in [1.54, 1.807) is 6.07 Å². The molecule has 0 spiro atoms. The van der Waals surface area contributed by atoms with Crippen LogP contribution in [0, 0.1) is 5.82 Å². The lowest BCUT2D eigenvalue weighted by atomic mass is 10.1. The number of thiol groups is 1. The number of aromatic carboxylic acids is 1. The van der Waals surface area contributed by atoms with E-state index in [4.69, 9.17) is 5.11 Å². The van der Waals surface area contributed by atoms with Crippen molar-refractivity contribution in [3.63, 3.8) is 0 Å². The van der Waals surface area contributed by atoms with Crippen LogP contribution in [0.4, 0.5) is 15.1 Å². The van der Waals surface area contributed by atoms with Crippen LogP contribution in [0.1, 0.15) is 9.67 Å². The van der Waals surface area contributed by atoms with Crippen molar-refractivity contribution >= 4 is 38.9 Å². The zero-order valence-electron chi connectivity index (χ0n) is 12.0. The van der Waals surface area contributed by atoms with E-state index >= 15 is 0 Å².